The quantitative estimate of drug-likeness (QED) is 0.611. The molecule has 0 spiro atoms. The van der Waals surface area contributed by atoms with Gasteiger partial charge in [-0.3, -0.25) is 10.8 Å². The number of halogens is 1. The van der Waals surface area contributed by atoms with Gasteiger partial charge in [0.15, 0.2) is 0 Å². The SMILES string of the molecule is Cc1ccc(Cl)c2nc3c(c(NN)c12)CCCC3. The average Bonchev–Trinajstić information content (AvgIpc) is 2.41. The predicted molar refractivity (Wildman–Crippen MR) is 75.9 cm³/mol. The first-order valence-corrected chi connectivity index (χ1v) is 6.67. The molecule has 0 aliphatic heterocycles. The van der Waals surface area contributed by atoms with Crippen molar-refractivity contribution in [3.63, 3.8) is 0 Å². The van der Waals surface area contributed by atoms with Crippen molar-refractivity contribution in [2.75, 3.05) is 5.43 Å². The van der Waals surface area contributed by atoms with E-state index in [1.165, 1.54) is 18.4 Å². The summed E-state index contributed by atoms with van der Waals surface area (Å²) < 4.78 is 0. The van der Waals surface area contributed by atoms with Gasteiger partial charge in [-0.2, -0.15) is 0 Å². The van der Waals surface area contributed by atoms with Crippen LogP contribution in [0.4, 0.5) is 5.69 Å². The Bertz CT molecular complexity index is 622. The van der Waals surface area contributed by atoms with Gasteiger partial charge in [-0.1, -0.05) is 17.7 Å². The van der Waals surface area contributed by atoms with E-state index in [4.69, 9.17) is 22.4 Å². The summed E-state index contributed by atoms with van der Waals surface area (Å²) in [4.78, 5) is 4.76. The van der Waals surface area contributed by atoms with Crippen LogP contribution in [-0.2, 0) is 12.8 Å². The van der Waals surface area contributed by atoms with Crippen molar-refractivity contribution < 1.29 is 0 Å². The van der Waals surface area contributed by atoms with Gasteiger partial charge in [0.2, 0.25) is 0 Å². The van der Waals surface area contributed by atoms with Crippen LogP contribution in [0, 0.1) is 6.92 Å². The topological polar surface area (TPSA) is 50.9 Å². The zero-order chi connectivity index (χ0) is 12.7. The van der Waals surface area contributed by atoms with Crippen LogP contribution in [0.2, 0.25) is 5.02 Å². The number of nitrogens with one attached hydrogen (secondary N) is 1. The van der Waals surface area contributed by atoms with Gasteiger partial charge in [0.25, 0.3) is 0 Å². The molecule has 18 heavy (non-hydrogen) atoms. The fraction of sp³-hybridized carbons (Fsp3) is 0.357. The zero-order valence-corrected chi connectivity index (χ0v) is 11.1. The Morgan fingerprint density at radius 3 is 2.83 bits per heavy atom. The minimum Gasteiger partial charge on any atom is -0.323 e. The molecule has 0 saturated heterocycles. The van der Waals surface area contributed by atoms with Gasteiger partial charge in [0.1, 0.15) is 0 Å². The average molecular weight is 262 g/mol. The normalized spacial score (nSPS) is 14.6. The second kappa shape index (κ2) is 4.41. The number of pyridine rings is 1. The van der Waals surface area contributed by atoms with Crippen LogP contribution in [-0.4, -0.2) is 4.98 Å². The molecule has 0 unspecified atom stereocenters. The molecule has 3 N–H and O–H groups in total. The molecule has 94 valence electrons. The van der Waals surface area contributed by atoms with Gasteiger partial charge in [0, 0.05) is 11.1 Å². The third-order valence-corrected chi connectivity index (χ3v) is 4.02. The summed E-state index contributed by atoms with van der Waals surface area (Å²) in [5.41, 5.74) is 8.31. The van der Waals surface area contributed by atoms with Crippen LogP contribution in [0.3, 0.4) is 0 Å². The number of hydrazine groups is 1. The van der Waals surface area contributed by atoms with E-state index < -0.39 is 0 Å². The standard InChI is InChI=1S/C14H16ClN3/c1-8-6-7-10(15)14-12(8)13(18-16)9-4-2-3-5-11(9)17-14/h6-7H,2-5,16H2,1H3,(H,17,18). The van der Waals surface area contributed by atoms with E-state index in [0.717, 1.165) is 40.7 Å². The number of aromatic nitrogens is 1. The molecule has 1 heterocycles. The third kappa shape index (κ3) is 1.66. The molecule has 1 aliphatic rings. The number of anilines is 1. The summed E-state index contributed by atoms with van der Waals surface area (Å²) in [6.45, 7) is 2.07. The van der Waals surface area contributed by atoms with E-state index >= 15 is 0 Å². The number of nitrogens with two attached hydrogens (primary N) is 1. The van der Waals surface area contributed by atoms with Crippen molar-refractivity contribution in [3.8, 4) is 0 Å². The maximum Gasteiger partial charge on any atom is 0.0915 e. The predicted octanol–water partition coefficient (Wildman–Crippen LogP) is 3.36. The second-order valence-electron chi connectivity index (χ2n) is 4.85. The van der Waals surface area contributed by atoms with Crippen molar-refractivity contribution >= 4 is 28.2 Å². The van der Waals surface area contributed by atoms with E-state index in [0.29, 0.717) is 5.02 Å². The lowest BCUT2D eigenvalue weighted by molar-refractivity contribution is 0.672. The molecule has 2 aromatic rings. The Morgan fingerprint density at radius 2 is 2.06 bits per heavy atom. The van der Waals surface area contributed by atoms with Crippen LogP contribution in [0.5, 0.6) is 0 Å². The molecular formula is C14H16ClN3. The van der Waals surface area contributed by atoms with Gasteiger partial charge >= 0.3 is 0 Å². The molecular weight excluding hydrogens is 246 g/mol. The molecule has 4 heteroatoms. The third-order valence-electron chi connectivity index (χ3n) is 3.72. The Hall–Kier alpha value is -1.32. The van der Waals surface area contributed by atoms with Crippen LogP contribution >= 0.6 is 11.6 Å². The van der Waals surface area contributed by atoms with Gasteiger partial charge in [0.05, 0.1) is 16.2 Å². The Kier molecular flexibility index (Phi) is 2.88. The summed E-state index contributed by atoms with van der Waals surface area (Å²) in [5, 5.41) is 1.76. The van der Waals surface area contributed by atoms with Gasteiger partial charge < -0.3 is 5.43 Å². The number of nitrogens with zero attached hydrogens (tertiary/aromatic N) is 1. The number of hydrogen-bond donors (Lipinski definition) is 2. The number of rotatable bonds is 1. The largest absolute Gasteiger partial charge is 0.323 e. The summed E-state index contributed by atoms with van der Waals surface area (Å²) in [7, 11) is 0. The monoisotopic (exact) mass is 261 g/mol. The van der Waals surface area contributed by atoms with E-state index in [9.17, 15) is 0 Å². The number of nitrogen functional groups attached to an aromatic ring is 1. The minimum atomic E-state index is 0.695. The fourth-order valence-electron chi connectivity index (χ4n) is 2.82. The first kappa shape index (κ1) is 11.8. The highest BCUT2D eigenvalue weighted by Gasteiger charge is 2.19. The second-order valence-corrected chi connectivity index (χ2v) is 5.26. The molecule has 3 nitrogen and oxygen atoms in total. The smallest absolute Gasteiger partial charge is 0.0915 e. The molecule has 1 aromatic heterocycles. The fourth-order valence-corrected chi connectivity index (χ4v) is 3.02. The van der Waals surface area contributed by atoms with Crippen molar-refractivity contribution in [2.45, 2.75) is 32.6 Å². The van der Waals surface area contributed by atoms with Crippen LogP contribution < -0.4 is 11.3 Å². The number of fused-ring (bicyclic) bond motifs is 2. The van der Waals surface area contributed by atoms with Crippen molar-refractivity contribution in [2.24, 2.45) is 5.84 Å². The highest BCUT2D eigenvalue weighted by Crippen LogP contribution is 2.36. The lowest BCUT2D eigenvalue weighted by atomic mass is 9.92. The van der Waals surface area contributed by atoms with Gasteiger partial charge in [-0.25, -0.2) is 0 Å². The maximum atomic E-state index is 6.27. The van der Waals surface area contributed by atoms with Crippen LogP contribution in [0.15, 0.2) is 12.1 Å². The molecule has 0 atom stereocenters. The lowest BCUT2D eigenvalue weighted by Gasteiger charge is -2.21. The number of benzene rings is 1. The molecule has 0 saturated carbocycles. The van der Waals surface area contributed by atoms with E-state index in [1.54, 1.807) is 0 Å². The van der Waals surface area contributed by atoms with Crippen molar-refractivity contribution in [1.82, 2.24) is 4.98 Å². The van der Waals surface area contributed by atoms with E-state index in [-0.39, 0.29) is 0 Å². The van der Waals surface area contributed by atoms with Crippen molar-refractivity contribution in [3.05, 3.63) is 34.0 Å². The highest BCUT2D eigenvalue weighted by atomic mass is 35.5. The summed E-state index contributed by atoms with van der Waals surface area (Å²) >= 11 is 6.27. The Morgan fingerprint density at radius 1 is 1.28 bits per heavy atom. The molecule has 0 fully saturated rings. The van der Waals surface area contributed by atoms with Crippen LogP contribution in [0.25, 0.3) is 10.9 Å². The van der Waals surface area contributed by atoms with Gasteiger partial charge in [-0.15, -0.1) is 0 Å². The zero-order valence-electron chi connectivity index (χ0n) is 10.4. The minimum absolute atomic E-state index is 0.695. The first-order valence-electron chi connectivity index (χ1n) is 6.29. The summed E-state index contributed by atoms with van der Waals surface area (Å²) in [5.74, 6) is 5.74. The molecule has 1 aromatic carbocycles. The highest BCUT2D eigenvalue weighted by molar-refractivity contribution is 6.35. The molecule has 0 bridgehead atoms. The molecule has 0 amide bonds. The van der Waals surface area contributed by atoms with E-state index in [1.807, 2.05) is 12.1 Å². The Balaban J connectivity index is 2.44. The molecule has 1 aliphatic carbocycles. The molecule has 3 rings (SSSR count). The first-order chi connectivity index (χ1) is 8.72. The maximum absolute atomic E-state index is 6.27. The summed E-state index contributed by atoms with van der Waals surface area (Å²) in [6, 6.07) is 3.92. The van der Waals surface area contributed by atoms with Gasteiger partial charge in [-0.05, 0) is 49.8 Å². The number of aryl methyl sites for hydroxylation is 2. The van der Waals surface area contributed by atoms with Crippen LogP contribution in [0.1, 0.15) is 29.7 Å². The summed E-state index contributed by atoms with van der Waals surface area (Å²) in [6.07, 6.45) is 4.46. The number of hydrogen-bond acceptors (Lipinski definition) is 3. The van der Waals surface area contributed by atoms with E-state index in [2.05, 4.69) is 12.3 Å². The lowest BCUT2D eigenvalue weighted by Crippen LogP contribution is -2.15. The van der Waals surface area contributed by atoms with Crippen molar-refractivity contribution in [1.29, 1.82) is 0 Å². The Labute approximate surface area is 111 Å². The molecule has 0 radical (unpaired) electrons.